The molecule has 126 valence electrons. The fraction of sp³-hybridized carbons (Fsp3) is 0.263. The maximum Gasteiger partial charge on any atom is 0.305 e. The molecule has 2 aromatic heterocycles. The number of hydrogen-bond donors (Lipinski definition) is 1. The molecule has 0 aliphatic heterocycles. The Balaban J connectivity index is 0.00000208. The van der Waals surface area contributed by atoms with E-state index in [0.29, 0.717) is 13.0 Å². The molecule has 0 spiro atoms. The number of H-pyrrole nitrogens is 1. The Bertz CT molecular complexity index is 799. The molecule has 0 unspecified atom stereocenters. The fourth-order valence-corrected chi connectivity index (χ4v) is 2.85. The maximum absolute atomic E-state index is 11.6. The first kappa shape index (κ1) is 18.2. The van der Waals surface area contributed by atoms with Crippen molar-refractivity contribution in [2.45, 2.75) is 26.2 Å². The summed E-state index contributed by atoms with van der Waals surface area (Å²) in [7, 11) is 0. The summed E-state index contributed by atoms with van der Waals surface area (Å²) in [5, 5.41) is 1.21. The lowest BCUT2D eigenvalue weighted by molar-refractivity contribution is -0.599. The summed E-state index contributed by atoms with van der Waals surface area (Å²) in [6.07, 6.45) is 6.12. The quantitative estimate of drug-likeness (QED) is 0.488. The van der Waals surface area contributed by atoms with Gasteiger partial charge in [-0.25, -0.2) is 9.55 Å². The summed E-state index contributed by atoms with van der Waals surface area (Å²) in [5.74, 6) is 0.942. The van der Waals surface area contributed by atoms with Crippen LogP contribution < -0.4 is 21.5 Å². The molecule has 2 heterocycles. The van der Waals surface area contributed by atoms with Gasteiger partial charge in [-0.2, -0.15) is 0 Å². The maximum atomic E-state index is 11.6. The zero-order valence-electron chi connectivity index (χ0n) is 13.7. The predicted molar refractivity (Wildman–Crippen MR) is 89.4 cm³/mol. The summed E-state index contributed by atoms with van der Waals surface area (Å²) in [4.78, 5) is 15.0. The Hall–Kier alpha value is -2.14. The number of carbonyl (C=O) groups is 1. The number of ether oxygens (including phenoxy) is 1. The number of esters is 1. The largest absolute Gasteiger partial charge is 1.00 e. The molecule has 1 aromatic carbocycles. The van der Waals surface area contributed by atoms with Crippen LogP contribution in [-0.2, 0) is 16.0 Å². The minimum absolute atomic E-state index is 0. The number of fused-ring (bicyclic) bond motifs is 1. The lowest BCUT2D eigenvalue weighted by Gasteiger charge is -2.03. The number of aryl methyl sites for hydroxylation is 1. The Labute approximate surface area is 152 Å². The van der Waals surface area contributed by atoms with Gasteiger partial charge in [0, 0.05) is 11.8 Å². The van der Waals surface area contributed by atoms with Crippen LogP contribution in [0.15, 0.2) is 54.9 Å². The number of benzene rings is 1. The van der Waals surface area contributed by atoms with E-state index in [2.05, 4.69) is 21.7 Å². The Morgan fingerprint density at radius 3 is 2.62 bits per heavy atom. The number of rotatable bonds is 6. The van der Waals surface area contributed by atoms with E-state index in [0.717, 1.165) is 24.2 Å². The van der Waals surface area contributed by atoms with Crippen LogP contribution in [0.1, 0.15) is 25.3 Å². The highest BCUT2D eigenvalue weighted by Crippen LogP contribution is 2.24. The number of aromatic amines is 1. The van der Waals surface area contributed by atoms with Crippen LogP contribution in [0.25, 0.3) is 16.7 Å². The molecule has 0 saturated heterocycles. The first-order valence-electron chi connectivity index (χ1n) is 8.01. The van der Waals surface area contributed by atoms with Gasteiger partial charge in [-0.3, -0.25) is 4.79 Å². The molecule has 0 amide bonds. The van der Waals surface area contributed by atoms with Crippen molar-refractivity contribution in [2.24, 2.45) is 0 Å². The minimum Gasteiger partial charge on any atom is -1.00 e. The molecule has 0 aliphatic carbocycles. The number of nitrogens with one attached hydrogen (secondary N) is 1. The smallest absolute Gasteiger partial charge is 0.305 e. The molecule has 0 atom stereocenters. The van der Waals surface area contributed by atoms with Gasteiger partial charge in [-0.1, -0.05) is 24.3 Å². The summed E-state index contributed by atoms with van der Waals surface area (Å²) in [5.41, 5.74) is 2.35. The van der Waals surface area contributed by atoms with Crippen LogP contribution in [0.2, 0.25) is 0 Å². The van der Waals surface area contributed by atoms with Crippen molar-refractivity contribution >= 4 is 16.9 Å². The summed E-state index contributed by atoms with van der Waals surface area (Å²) in [6, 6.07) is 14.3. The van der Waals surface area contributed by atoms with Gasteiger partial charge in [-0.05, 0) is 38.0 Å². The number of aromatic nitrogens is 2. The third-order valence-electron chi connectivity index (χ3n) is 3.88. The third kappa shape index (κ3) is 4.03. The number of para-hydroxylation sites is 1. The first-order chi connectivity index (χ1) is 11.3. The predicted octanol–water partition coefficient (Wildman–Crippen LogP) is 0.334. The summed E-state index contributed by atoms with van der Waals surface area (Å²) in [6.45, 7) is 2.28. The van der Waals surface area contributed by atoms with Gasteiger partial charge in [0.25, 0.3) is 5.82 Å². The van der Waals surface area contributed by atoms with E-state index >= 15 is 0 Å². The van der Waals surface area contributed by atoms with Crippen molar-refractivity contribution < 1.29 is 31.1 Å². The molecule has 1 N–H and O–H groups in total. The van der Waals surface area contributed by atoms with Crippen molar-refractivity contribution in [3.05, 3.63) is 60.4 Å². The molecule has 0 saturated carbocycles. The summed E-state index contributed by atoms with van der Waals surface area (Å²) < 4.78 is 7.09. The molecule has 0 bridgehead atoms. The Kier molecular flexibility index (Phi) is 6.55. The van der Waals surface area contributed by atoms with E-state index in [4.69, 9.17) is 4.74 Å². The second-order valence-electron chi connectivity index (χ2n) is 5.44. The van der Waals surface area contributed by atoms with Gasteiger partial charge in [-0.15, -0.1) is 0 Å². The van der Waals surface area contributed by atoms with Gasteiger partial charge in [0.15, 0.2) is 0 Å². The highest BCUT2D eigenvalue weighted by Gasteiger charge is 2.19. The van der Waals surface area contributed by atoms with Crippen molar-refractivity contribution in [3.63, 3.8) is 0 Å². The lowest BCUT2D eigenvalue weighted by atomic mass is 10.1. The molecule has 0 aliphatic rings. The van der Waals surface area contributed by atoms with Crippen LogP contribution in [0.3, 0.4) is 0 Å². The van der Waals surface area contributed by atoms with E-state index in [1.54, 1.807) is 0 Å². The van der Waals surface area contributed by atoms with E-state index in [9.17, 15) is 4.79 Å². The number of pyridine rings is 1. The van der Waals surface area contributed by atoms with Crippen molar-refractivity contribution in [1.82, 2.24) is 4.98 Å². The number of halogens is 1. The molecule has 24 heavy (non-hydrogen) atoms. The normalized spacial score (nSPS) is 10.4. The molecule has 4 nitrogen and oxygen atoms in total. The second kappa shape index (κ2) is 8.64. The van der Waals surface area contributed by atoms with Crippen molar-refractivity contribution in [3.8, 4) is 5.82 Å². The van der Waals surface area contributed by atoms with Crippen LogP contribution in [0, 0.1) is 0 Å². The van der Waals surface area contributed by atoms with Crippen molar-refractivity contribution in [1.29, 1.82) is 0 Å². The zero-order valence-corrected chi connectivity index (χ0v) is 15.3. The first-order valence-corrected chi connectivity index (χ1v) is 8.01. The number of carbonyl (C=O) groups excluding carboxylic acids is 1. The van der Waals surface area contributed by atoms with E-state index < -0.39 is 0 Å². The number of hydrogen-bond acceptors (Lipinski definition) is 2. The van der Waals surface area contributed by atoms with E-state index in [1.165, 1.54) is 10.9 Å². The monoisotopic (exact) mass is 388 g/mol. The SMILES string of the molecule is CCOC(=O)CCCc1c(-[n+]2ccccc2)[nH]c2ccccc12.[Br-]. The second-order valence-corrected chi connectivity index (χ2v) is 5.44. The fourth-order valence-electron chi connectivity index (χ4n) is 2.85. The number of nitrogens with zero attached hydrogens (tertiary/aromatic N) is 1. The molecule has 3 rings (SSSR count). The molecular weight excluding hydrogens is 368 g/mol. The molecule has 5 heteroatoms. The lowest BCUT2D eigenvalue weighted by Crippen LogP contribution is -3.00. The van der Waals surface area contributed by atoms with Crippen molar-refractivity contribution in [2.75, 3.05) is 6.61 Å². The van der Waals surface area contributed by atoms with Gasteiger partial charge < -0.3 is 21.7 Å². The molecule has 0 fully saturated rings. The minimum atomic E-state index is -0.124. The van der Waals surface area contributed by atoms with Crippen LogP contribution in [0.4, 0.5) is 0 Å². The van der Waals surface area contributed by atoms with Gasteiger partial charge in [0.05, 0.1) is 24.6 Å². The average molecular weight is 389 g/mol. The van der Waals surface area contributed by atoms with Gasteiger partial charge in [0.1, 0.15) is 5.52 Å². The third-order valence-corrected chi connectivity index (χ3v) is 3.88. The highest BCUT2D eigenvalue weighted by atomic mass is 79.9. The van der Waals surface area contributed by atoms with Crippen LogP contribution in [0.5, 0.6) is 0 Å². The standard InChI is InChI=1S/C19H21N2O2.BrH/c1-2-23-18(22)12-8-10-16-15-9-4-5-11-17(15)20-19(16)21-13-6-3-7-14-21;/h3-7,9,11,13-14,20H,2,8,10,12H2,1H3;1H/q+1;/p-1. The molecule has 0 radical (unpaired) electrons. The Morgan fingerprint density at radius 1 is 1.12 bits per heavy atom. The molecular formula is C19H21BrN2O2. The van der Waals surface area contributed by atoms with Crippen LogP contribution in [-0.4, -0.2) is 17.6 Å². The van der Waals surface area contributed by atoms with Gasteiger partial charge in [0.2, 0.25) is 0 Å². The zero-order chi connectivity index (χ0) is 16.1. The van der Waals surface area contributed by atoms with E-state index in [1.807, 2.05) is 49.6 Å². The molecule has 3 aromatic rings. The Morgan fingerprint density at radius 2 is 1.88 bits per heavy atom. The average Bonchev–Trinajstić information content (AvgIpc) is 2.95. The van der Waals surface area contributed by atoms with Crippen LogP contribution >= 0.6 is 0 Å². The summed E-state index contributed by atoms with van der Waals surface area (Å²) >= 11 is 0. The van der Waals surface area contributed by atoms with E-state index in [-0.39, 0.29) is 23.0 Å². The topological polar surface area (TPSA) is 46.0 Å². The van der Waals surface area contributed by atoms with Gasteiger partial charge >= 0.3 is 5.97 Å². The highest BCUT2D eigenvalue weighted by molar-refractivity contribution is 5.86.